The van der Waals surface area contributed by atoms with Crippen LogP contribution in [0.3, 0.4) is 0 Å². The fourth-order valence-corrected chi connectivity index (χ4v) is 1.64. The summed E-state index contributed by atoms with van der Waals surface area (Å²) >= 11 is 1.20. The van der Waals surface area contributed by atoms with E-state index in [1.54, 1.807) is 20.8 Å². The monoisotopic (exact) mass is 257 g/mol. The van der Waals surface area contributed by atoms with E-state index in [1.165, 1.54) is 11.3 Å². The number of nitrogens with one attached hydrogen (secondary N) is 1. The molecule has 0 spiro atoms. The van der Waals surface area contributed by atoms with Crippen LogP contribution in [0.15, 0.2) is 0 Å². The maximum Gasteiger partial charge on any atom is 0.303 e. The number of amides is 1. The van der Waals surface area contributed by atoms with Gasteiger partial charge in [0, 0.05) is 11.8 Å². The molecule has 0 radical (unpaired) electrons. The third-order valence-electron chi connectivity index (χ3n) is 1.92. The highest BCUT2D eigenvalue weighted by Crippen LogP contribution is 2.20. The molecule has 6 nitrogen and oxygen atoms in total. The number of carboxylic acid groups (broad SMARTS) is 1. The Morgan fingerprint density at radius 3 is 2.53 bits per heavy atom. The summed E-state index contributed by atoms with van der Waals surface area (Å²) in [5.41, 5.74) is -0.493. The van der Waals surface area contributed by atoms with Gasteiger partial charge in [0.1, 0.15) is 5.01 Å². The molecule has 1 heterocycles. The second-order valence-corrected chi connectivity index (χ2v) is 5.66. The summed E-state index contributed by atoms with van der Waals surface area (Å²) in [6.07, 6.45) is 0.347. The number of carboxylic acids is 1. The van der Waals surface area contributed by atoms with Crippen LogP contribution in [0.25, 0.3) is 0 Å². The molecule has 0 bridgehead atoms. The van der Waals surface area contributed by atoms with E-state index in [0.717, 1.165) is 0 Å². The number of aliphatic carboxylic acids is 1. The molecular formula is C10H15N3O3S. The average Bonchev–Trinajstić information content (AvgIpc) is 2.61. The minimum absolute atomic E-state index is 0.0157. The second-order valence-electron chi connectivity index (χ2n) is 4.60. The molecular weight excluding hydrogens is 242 g/mol. The number of aryl methyl sites for hydroxylation is 1. The molecule has 0 unspecified atom stereocenters. The fraction of sp³-hybridized carbons (Fsp3) is 0.600. The first-order chi connectivity index (χ1) is 7.79. The van der Waals surface area contributed by atoms with E-state index in [1.807, 2.05) is 0 Å². The largest absolute Gasteiger partial charge is 0.481 e. The molecule has 0 aliphatic carbocycles. The van der Waals surface area contributed by atoms with Gasteiger partial charge < -0.3 is 10.4 Å². The fourth-order valence-electron chi connectivity index (χ4n) is 0.904. The number of hydrogen-bond donors (Lipinski definition) is 2. The van der Waals surface area contributed by atoms with Gasteiger partial charge in [0.05, 0.1) is 6.42 Å². The molecule has 0 atom stereocenters. The lowest BCUT2D eigenvalue weighted by Crippen LogP contribution is -2.27. The Morgan fingerprint density at radius 1 is 1.35 bits per heavy atom. The SMILES string of the molecule is CC(C)(C)C(=O)Nc1nnc(CCC(=O)O)s1. The normalized spacial score (nSPS) is 11.2. The molecule has 94 valence electrons. The van der Waals surface area contributed by atoms with Crippen molar-refractivity contribution >= 4 is 28.3 Å². The Bertz CT molecular complexity index is 423. The minimum Gasteiger partial charge on any atom is -0.481 e. The summed E-state index contributed by atoms with van der Waals surface area (Å²) in [5.74, 6) is -1.01. The molecule has 0 aliphatic rings. The summed E-state index contributed by atoms with van der Waals surface area (Å²) in [6.45, 7) is 5.40. The number of rotatable bonds is 4. The summed E-state index contributed by atoms with van der Waals surface area (Å²) in [4.78, 5) is 22.0. The zero-order chi connectivity index (χ0) is 13.1. The van der Waals surface area contributed by atoms with Gasteiger partial charge >= 0.3 is 5.97 Å². The van der Waals surface area contributed by atoms with Crippen LogP contribution in [-0.2, 0) is 16.0 Å². The van der Waals surface area contributed by atoms with Gasteiger partial charge in [-0.25, -0.2) is 0 Å². The van der Waals surface area contributed by atoms with E-state index in [2.05, 4.69) is 15.5 Å². The molecule has 7 heteroatoms. The number of nitrogens with zero attached hydrogens (tertiary/aromatic N) is 2. The lowest BCUT2D eigenvalue weighted by Gasteiger charge is -2.15. The zero-order valence-electron chi connectivity index (χ0n) is 9.98. The Balaban J connectivity index is 2.57. The van der Waals surface area contributed by atoms with E-state index in [0.29, 0.717) is 16.6 Å². The van der Waals surface area contributed by atoms with Crippen LogP contribution >= 0.6 is 11.3 Å². The Hall–Kier alpha value is -1.50. The van der Waals surface area contributed by atoms with Crippen LogP contribution in [-0.4, -0.2) is 27.2 Å². The highest BCUT2D eigenvalue weighted by Gasteiger charge is 2.22. The van der Waals surface area contributed by atoms with Crippen molar-refractivity contribution in [2.24, 2.45) is 5.41 Å². The highest BCUT2D eigenvalue weighted by atomic mass is 32.1. The molecule has 2 N–H and O–H groups in total. The third kappa shape index (κ3) is 4.48. The Labute approximate surface area is 103 Å². The van der Waals surface area contributed by atoms with E-state index < -0.39 is 11.4 Å². The molecule has 17 heavy (non-hydrogen) atoms. The van der Waals surface area contributed by atoms with Crippen molar-refractivity contribution in [1.82, 2.24) is 10.2 Å². The van der Waals surface area contributed by atoms with Crippen molar-refractivity contribution in [2.75, 3.05) is 5.32 Å². The number of aromatic nitrogens is 2. The molecule has 1 aromatic rings. The topological polar surface area (TPSA) is 92.2 Å². The predicted octanol–water partition coefficient (Wildman–Crippen LogP) is 1.54. The molecule has 0 saturated heterocycles. The molecule has 0 aromatic carbocycles. The van der Waals surface area contributed by atoms with Crippen LogP contribution in [0, 0.1) is 5.41 Å². The van der Waals surface area contributed by atoms with Crippen molar-refractivity contribution in [2.45, 2.75) is 33.6 Å². The number of carbonyl (C=O) groups excluding carboxylic acids is 1. The van der Waals surface area contributed by atoms with E-state index in [9.17, 15) is 9.59 Å². The maximum absolute atomic E-state index is 11.6. The Kier molecular flexibility index (Phi) is 4.17. The third-order valence-corrected chi connectivity index (χ3v) is 2.82. The number of anilines is 1. The zero-order valence-corrected chi connectivity index (χ0v) is 10.8. The predicted molar refractivity (Wildman–Crippen MR) is 64.0 cm³/mol. The van der Waals surface area contributed by atoms with E-state index in [-0.39, 0.29) is 12.3 Å². The summed E-state index contributed by atoms with van der Waals surface area (Å²) in [6, 6.07) is 0. The van der Waals surface area contributed by atoms with Gasteiger partial charge in [0.25, 0.3) is 0 Å². The lowest BCUT2D eigenvalue weighted by molar-refractivity contribution is -0.137. The number of hydrogen-bond acceptors (Lipinski definition) is 5. The van der Waals surface area contributed by atoms with Gasteiger partial charge in [-0.1, -0.05) is 32.1 Å². The van der Waals surface area contributed by atoms with Gasteiger partial charge in [-0.2, -0.15) is 0 Å². The molecule has 1 rings (SSSR count). The van der Waals surface area contributed by atoms with Crippen LogP contribution in [0.5, 0.6) is 0 Å². The number of carbonyl (C=O) groups is 2. The molecule has 1 aromatic heterocycles. The van der Waals surface area contributed by atoms with Crippen molar-refractivity contribution in [3.63, 3.8) is 0 Å². The Morgan fingerprint density at radius 2 is 2.00 bits per heavy atom. The van der Waals surface area contributed by atoms with Gasteiger partial charge in [0.15, 0.2) is 0 Å². The van der Waals surface area contributed by atoms with Crippen LogP contribution in [0.4, 0.5) is 5.13 Å². The van der Waals surface area contributed by atoms with Gasteiger partial charge in [-0.3, -0.25) is 9.59 Å². The van der Waals surface area contributed by atoms with Crippen LogP contribution in [0.1, 0.15) is 32.2 Å². The summed E-state index contributed by atoms with van der Waals surface area (Å²) in [7, 11) is 0. The first-order valence-electron chi connectivity index (χ1n) is 5.14. The van der Waals surface area contributed by atoms with Crippen molar-refractivity contribution in [3.05, 3.63) is 5.01 Å². The molecule has 0 fully saturated rings. The summed E-state index contributed by atoms with van der Waals surface area (Å²) < 4.78 is 0. The van der Waals surface area contributed by atoms with Gasteiger partial charge in [-0.05, 0) is 0 Å². The molecule has 0 saturated carbocycles. The quantitative estimate of drug-likeness (QED) is 0.853. The van der Waals surface area contributed by atoms with E-state index >= 15 is 0 Å². The summed E-state index contributed by atoms with van der Waals surface area (Å²) in [5, 5.41) is 19.8. The average molecular weight is 257 g/mol. The van der Waals surface area contributed by atoms with Crippen LogP contribution in [0.2, 0.25) is 0 Å². The molecule has 1 amide bonds. The van der Waals surface area contributed by atoms with Gasteiger partial charge in [0.2, 0.25) is 11.0 Å². The molecule has 0 aliphatic heterocycles. The van der Waals surface area contributed by atoms with Gasteiger partial charge in [-0.15, -0.1) is 10.2 Å². The lowest BCUT2D eigenvalue weighted by atomic mass is 9.96. The minimum atomic E-state index is -0.875. The highest BCUT2D eigenvalue weighted by molar-refractivity contribution is 7.15. The van der Waals surface area contributed by atoms with Crippen molar-refractivity contribution in [3.8, 4) is 0 Å². The first-order valence-corrected chi connectivity index (χ1v) is 5.96. The van der Waals surface area contributed by atoms with Crippen molar-refractivity contribution in [1.29, 1.82) is 0 Å². The second kappa shape index (κ2) is 5.22. The maximum atomic E-state index is 11.6. The van der Waals surface area contributed by atoms with E-state index in [4.69, 9.17) is 5.11 Å². The van der Waals surface area contributed by atoms with Crippen LogP contribution < -0.4 is 5.32 Å². The smallest absolute Gasteiger partial charge is 0.303 e. The standard InChI is InChI=1S/C10H15N3O3S/c1-10(2,3)8(16)11-9-13-12-6(17-9)4-5-7(14)15/h4-5H2,1-3H3,(H,14,15)(H,11,13,16). The first kappa shape index (κ1) is 13.6. The van der Waals surface area contributed by atoms with Crippen molar-refractivity contribution < 1.29 is 14.7 Å².